The molecule has 1 N–H and O–H groups in total. The Morgan fingerprint density at radius 2 is 1.83 bits per heavy atom. The molecule has 7 nitrogen and oxygen atoms in total. The molecule has 0 spiro atoms. The molecule has 0 radical (unpaired) electrons. The van der Waals surface area contributed by atoms with E-state index in [-0.39, 0.29) is 23.5 Å². The van der Waals surface area contributed by atoms with E-state index in [2.05, 4.69) is 5.32 Å². The number of nitrogens with zero attached hydrogens (tertiary/aromatic N) is 1. The molecule has 3 rings (SSSR count). The van der Waals surface area contributed by atoms with E-state index >= 15 is 0 Å². The number of carbonyl (C=O) groups excluding carboxylic acids is 1. The molecular weight excluding hydrogens is 392 g/mol. The molecule has 0 aromatic heterocycles. The molecule has 1 aliphatic carbocycles. The lowest BCUT2D eigenvalue weighted by molar-refractivity contribution is -0.122. The summed E-state index contributed by atoms with van der Waals surface area (Å²) >= 11 is 0. The van der Waals surface area contributed by atoms with E-state index in [9.17, 15) is 13.2 Å². The van der Waals surface area contributed by atoms with E-state index in [0.29, 0.717) is 36.2 Å². The highest BCUT2D eigenvalue weighted by Gasteiger charge is 2.33. The molecule has 1 atom stereocenters. The van der Waals surface area contributed by atoms with Crippen molar-refractivity contribution in [3.63, 3.8) is 0 Å². The van der Waals surface area contributed by atoms with Gasteiger partial charge < -0.3 is 14.8 Å². The molecule has 1 aromatic rings. The Morgan fingerprint density at radius 3 is 2.45 bits per heavy atom. The summed E-state index contributed by atoms with van der Waals surface area (Å²) in [6.45, 7) is 0.810. The van der Waals surface area contributed by atoms with Gasteiger partial charge in [0.25, 0.3) is 0 Å². The second-order valence-corrected chi connectivity index (χ2v) is 10.3. The van der Waals surface area contributed by atoms with Gasteiger partial charge in [-0.1, -0.05) is 32.1 Å². The van der Waals surface area contributed by atoms with Crippen LogP contribution in [-0.2, 0) is 14.6 Å². The number of amides is 1. The Hall–Kier alpha value is -1.80. The van der Waals surface area contributed by atoms with E-state index in [1.54, 1.807) is 32.4 Å². The van der Waals surface area contributed by atoms with E-state index in [0.717, 1.165) is 19.3 Å². The van der Waals surface area contributed by atoms with Crippen LogP contribution in [0.1, 0.15) is 38.5 Å². The Bertz CT molecular complexity index is 791. The minimum Gasteiger partial charge on any atom is -0.497 e. The monoisotopic (exact) mass is 424 g/mol. The minimum atomic E-state index is -3.00. The van der Waals surface area contributed by atoms with Gasteiger partial charge in [0.2, 0.25) is 5.91 Å². The van der Waals surface area contributed by atoms with Crippen LogP contribution >= 0.6 is 0 Å². The van der Waals surface area contributed by atoms with Gasteiger partial charge >= 0.3 is 0 Å². The van der Waals surface area contributed by atoms with Crippen LogP contribution in [0.4, 0.5) is 5.69 Å². The third-order valence-electron chi connectivity index (χ3n) is 6.07. The molecule has 1 heterocycles. The molecule has 2 aliphatic rings. The van der Waals surface area contributed by atoms with Gasteiger partial charge in [0.1, 0.15) is 11.5 Å². The van der Waals surface area contributed by atoms with Crippen molar-refractivity contribution in [2.75, 3.05) is 44.1 Å². The number of ether oxygens (including phenoxy) is 2. The molecule has 0 bridgehead atoms. The lowest BCUT2D eigenvalue weighted by Gasteiger charge is -2.36. The summed E-state index contributed by atoms with van der Waals surface area (Å²) in [5, 5.41) is 3.01. The second kappa shape index (κ2) is 9.80. The Balaban J connectivity index is 1.78. The average Bonchev–Trinajstić information content (AvgIpc) is 2.73. The van der Waals surface area contributed by atoms with E-state index in [4.69, 9.17) is 9.47 Å². The highest BCUT2D eigenvalue weighted by Crippen LogP contribution is 2.32. The number of carbonyl (C=O) groups is 1. The maximum absolute atomic E-state index is 13.3. The Morgan fingerprint density at radius 1 is 1.14 bits per heavy atom. The van der Waals surface area contributed by atoms with Crippen molar-refractivity contribution >= 4 is 21.4 Å². The van der Waals surface area contributed by atoms with Crippen molar-refractivity contribution in [1.29, 1.82) is 0 Å². The number of nitrogens with one attached hydrogen (secondary N) is 1. The fourth-order valence-corrected chi connectivity index (χ4v) is 5.56. The third-order valence-corrected chi connectivity index (χ3v) is 7.68. The van der Waals surface area contributed by atoms with Gasteiger partial charge in [-0.2, -0.15) is 0 Å². The first-order valence-corrected chi connectivity index (χ1v) is 12.2. The first-order chi connectivity index (χ1) is 13.9. The van der Waals surface area contributed by atoms with Crippen molar-refractivity contribution in [2.24, 2.45) is 5.92 Å². The molecule has 29 heavy (non-hydrogen) atoms. The van der Waals surface area contributed by atoms with Gasteiger partial charge in [-0.05, 0) is 24.5 Å². The van der Waals surface area contributed by atoms with Crippen molar-refractivity contribution in [3.05, 3.63) is 18.2 Å². The second-order valence-electron chi connectivity index (χ2n) is 8.00. The minimum absolute atomic E-state index is 0.110. The van der Waals surface area contributed by atoms with E-state index < -0.39 is 9.84 Å². The molecule has 162 valence electrons. The summed E-state index contributed by atoms with van der Waals surface area (Å²) in [6.07, 6.45) is 6.71. The summed E-state index contributed by atoms with van der Waals surface area (Å²) in [5.74, 6) is 1.82. The quantitative estimate of drug-likeness (QED) is 0.724. The van der Waals surface area contributed by atoms with Crippen molar-refractivity contribution in [2.45, 2.75) is 44.6 Å². The molecule has 1 aromatic carbocycles. The Kier molecular flexibility index (Phi) is 7.40. The lowest BCUT2D eigenvalue weighted by atomic mass is 9.84. The molecule has 1 unspecified atom stereocenters. The fourth-order valence-electron chi connectivity index (χ4n) is 4.33. The summed E-state index contributed by atoms with van der Waals surface area (Å²) in [4.78, 5) is 15.4. The number of sulfone groups is 1. The number of rotatable bonds is 7. The first-order valence-electron chi connectivity index (χ1n) is 10.4. The zero-order valence-electron chi connectivity index (χ0n) is 17.4. The summed E-state index contributed by atoms with van der Waals surface area (Å²) in [6, 6.07) is 4.95. The summed E-state index contributed by atoms with van der Waals surface area (Å²) in [7, 11) is 0.142. The fraction of sp³-hybridized carbons (Fsp3) is 0.667. The number of anilines is 1. The van der Waals surface area contributed by atoms with Crippen LogP contribution in [0.3, 0.4) is 0 Å². The van der Waals surface area contributed by atoms with Crippen LogP contribution in [-0.4, -0.2) is 64.1 Å². The largest absolute Gasteiger partial charge is 0.497 e. The van der Waals surface area contributed by atoms with Gasteiger partial charge in [-0.25, -0.2) is 8.42 Å². The van der Waals surface area contributed by atoms with Crippen LogP contribution in [0.5, 0.6) is 11.5 Å². The van der Waals surface area contributed by atoms with Crippen molar-refractivity contribution < 1.29 is 22.7 Å². The van der Waals surface area contributed by atoms with Gasteiger partial charge in [-0.3, -0.25) is 9.69 Å². The maximum Gasteiger partial charge on any atom is 0.241 e. The van der Waals surface area contributed by atoms with Gasteiger partial charge in [0.05, 0.1) is 37.5 Å². The molecule has 1 saturated carbocycles. The highest BCUT2D eigenvalue weighted by atomic mass is 32.2. The zero-order chi connectivity index (χ0) is 20.9. The van der Waals surface area contributed by atoms with Crippen LogP contribution in [0.15, 0.2) is 18.2 Å². The smallest absolute Gasteiger partial charge is 0.241 e. The number of hydrogen-bond acceptors (Lipinski definition) is 6. The van der Waals surface area contributed by atoms with Gasteiger partial charge in [0.15, 0.2) is 9.84 Å². The number of methoxy groups -OCH3 is 2. The van der Waals surface area contributed by atoms with E-state index in [1.165, 1.54) is 19.3 Å². The van der Waals surface area contributed by atoms with Crippen LogP contribution < -0.4 is 14.8 Å². The molecule has 1 aliphatic heterocycles. The third kappa shape index (κ3) is 5.85. The molecular formula is C21H32N2O5S. The first kappa shape index (κ1) is 21.9. The number of hydrogen-bond donors (Lipinski definition) is 1. The highest BCUT2D eigenvalue weighted by molar-refractivity contribution is 7.91. The van der Waals surface area contributed by atoms with Crippen LogP contribution in [0.2, 0.25) is 0 Å². The van der Waals surface area contributed by atoms with Crippen LogP contribution in [0.25, 0.3) is 0 Å². The van der Waals surface area contributed by atoms with Crippen molar-refractivity contribution in [3.8, 4) is 11.5 Å². The standard InChI is InChI=1S/C21H32N2O5S/c1-27-17-8-9-20(28-2)18(15-17)22-21(24)19(14-16-6-4-3-5-7-16)23-10-12-29(25,26)13-11-23/h8-9,15-16,19H,3-7,10-14H2,1-2H3,(H,22,24). The zero-order valence-corrected chi connectivity index (χ0v) is 18.2. The van der Waals surface area contributed by atoms with E-state index in [1.807, 2.05) is 4.90 Å². The predicted octanol–water partition coefficient (Wildman–Crippen LogP) is 2.71. The topological polar surface area (TPSA) is 84.9 Å². The van der Waals surface area contributed by atoms with Crippen LogP contribution in [0, 0.1) is 5.92 Å². The Labute approximate surface area is 173 Å². The molecule has 1 amide bonds. The van der Waals surface area contributed by atoms with Gasteiger partial charge in [-0.15, -0.1) is 0 Å². The maximum atomic E-state index is 13.3. The molecule has 2 fully saturated rings. The SMILES string of the molecule is COc1ccc(OC)c(NC(=O)C(CC2CCCCC2)N2CCS(=O)(=O)CC2)c1. The summed E-state index contributed by atoms with van der Waals surface area (Å²) in [5.41, 5.74) is 0.565. The molecule has 1 saturated heterocycles. The average molecular weight is 425 g/mol. The normalized spacial score (nSPS) is 21.3. The lowest BCUT2D eigenvalue weighted by Crippen LogP contribution is -2.51. The summed E-state index contributed by atoms with van der Waals surface area (Å²) < 4.78 is 34.4. The predicted molar refractivity (Wildman–Crippen MR) is 113 cm³/mol. The molecule has 8 heteroatoms. The number of benzene rings is 1. The van der Waals surface area contributed by atoms with Crippen molar-refractivity contribution in [1.82, 2.24) is 4.90 Å². The van der Waals surface area contributed by atoms with Gasteiger partial charge in [0, 0.05) is 19.2 Å².